The van der Waals surface area contributed by atoms with Gasteiger partial charge in [-0.15, -0.1) is 0 Å². The molecule has 4 rings (SSSR count). The van der Waals surface area contributed by atoms with Gasteiger partial charge >= 0.3 is 5.97 Å². The van der Waals surface area contributed by atoms with Gasteiger partial charge in [-0.1, -0.05) is 61.2 Å². The maximum Gasteiger partial charge on any atom is 0.340 e. The molecule has 0 aliphatic carbocycles. The Bertz CT molecular complexity index is 1570. The van der Waals surface area contributed by atoms with Crippen LogP contribution < -0.4 is 9.47 Å². The normalized spacial score (nSPS) is 11.5. The summed E-state index contributed by atoms with van der Waals surface area (Å²) in [6.45, 7) is 6.07. The zero-order chi connectivity index (χ0) is 28.5. The van der Waals surface area contributed by atoms with Crippen molar-refractivity contribution in [1.82, 2.24) is 3.97 Å². The molecule has 40 heavy (non-hydrogen) atoms. The molecule has 0 radical (unpaired) electrons. The van der Waals surface area contributed by atoms with E-state index in [2.05, 4.69) is 6.58 Å². The van der Waals surface area contributed by atoms with E-state index in [4.69, 9.17) is 14.2 Å². The van der Waals surface area contributed by atoms with Crippen molar-refractivity contribution >= 4 is 34.6 Å². The molecule has 0 amide bonds. The van der Waals surface area contributed by atoms with Crippen LogP contribution in [0.2, 0.25) is 0 Å². The molecule has 1 heterocycles. The van der Waals surface area contributed by atoms with E-state index in [1.165, 1.54) is 19.1 Å². The van der Waals surface area contributed by atoms with E-state index in [1.807, 2.05) is 61.5 Å². The van der Waals surface area contributed by atoms with Crippen LogP contribution in [0.15, 0.2) is 109 Å². The lowest BCUT2D eigenvalue weighted by Crippen LogP contribution is -2.13. The van der Waals surface area contributed by atoms with Gasteiger partial charge in [-0.05, 0) is 72.2 Å². The Kier molecular flexibility index (Phi) is 9.65. The van der Waals surface area contributed by atoms with Gasteiger partial charge in [0.1, 0.15) is 23.8 Å². The van der Waals surface area contributed by atoms with Crippen LogP contribution in [-0.4, -0.2) is 29.9 Å². The molecule has 0 N–H and O–H groups in total. The monoisotopic (exact) mass is 553 g/mol. The number of fused-ring (bicyclic) bond motifs is 1. The van der Waals surface area contributed by atoms with Crippen molar-refractivity contribution in [2.24, 2.45) is 0 Å². The quantitative estimate of drug-likeness (QED) is 0.101. The second kappa shape index (κ2) is 13.5. The summed E-state index contributed by atoms with van der Waals surface area (Å²) in [5, 5.41) is 0.602. The molecule has 0 aliphatic heterocycles. The van der Waals surface area contributed by atoms with E-state index < -0.39 is 5.97 Å². The van der Waals surface area contributed by atoms with Crippen molar-refractivity contribution in [2.45, 2.75) is 20.0 Å². The average Bonchev–Trinajstić information content (AvgIpc) is 3.31. The number of hydrogen-bond acceptors (Lipinski definition) is 6. The van der Waals surface area contributed by atoms with E-state index in [9.17, 15) is 9.59 Å². The fourth-order valence-electron chi connectivity index (χ4n) is 4.15. The summed E-state index contributed by atoms with van der Waals surface area (Å²) in [5.74, 6) is 0.352. The SMILES string of the molecule is C=C/C=C\C/C=C(\C)Sn1c(C(=O)c2ccc(OCc3ccccc3)cc2)c(C(=O)OC)c2ccc(OC)cc21. The minimum atomic E-state index is -0.587. The van der Waals surface area contributed by atoms with Gasteiger partial charge in [-0.3, -0.25) is 8.77 Å². The van der Waals surface area contributed by atoms with Crippen molar-refractivity contribution in [1.29, 1.82) is 0 Å². The highest BCUT2D eigenvalue weighted by atomic mass is 32.2. The number of esters is 1. The topological polar surface area (TPSA) is 66.8 Å². The molecule has 3 aromatic carbocycles. The van der Waals surface area contributed by atoms with Gasteiger partial charge < -0.3 is 14.2 Å². The third-order valence-electron chi connectivity index (χ3n) is 6.15. The molecule has 0 atom stereocenters. The minimum absolute atomic E-state index is 0.210. The predicted octanol–water partition coefficient (Wildman–Crippen LogP) is 7.78. The van der Waals surface area contributed by atoms with E-state index in [1.54, 1.807) is 53.6 Å². The van der Waals surface area contributed by atoms with Crippen LogP contribution >= 0.6 is 11.9 Å². The van der Waals surface area contributed by atoms with Crippen LogP contribution in [0.5, 0.6) is 11.5 Å². The number of ketones is 1. The summed E-state index contributed by atoms with van der Waals surface area (Å²) in [5.41, 5.74) is 2.58. The van der Waals surface area contributed by atoms with E-state index >= 15 is 0 Å². The third kappa shape index (κ3) is 6.55. The molecule has 1 aromatic heterocycles. The number of nitrogens with zero attached hydrogens (tertiary/aromatic N) is 1. The Hall–Kier alpha value is -4.49. The van der Waals surface area contributed by atoms with Crippen LogP contribution in [0.4, 0.5) is 0 Å². The highest BCUT2D eigenvalue weighted by Crippen LogP contribution is 2.37. The molecule has 204 valence electrons. The molecule has 6 nitrogen and oxygen atoms in total. The van der Waals surface area contributed by atoms with Crippen LogP contribution in [0.1, 0.15) is 45.3 Å². The van der Waals surface area contributed by atoms with Crippen LogP contribution in [0.25, 0.3) is 10.9 Å². The number of carbonyl (C=O) groups excluding carboxylic acids is 2. The van der Waals surface area contributed by atoms with Gasteiger partial charge in [0.25, 0.3) is 0 Å². The zero-order valence-corrected chi connectivity index (χ0v) is 23.6. The molecular formula is C33H31NO5S. The molecule has 0 bridgehead atoms. The predicted molar refractivity (Wildman–Crippen MR) is 161 cm³/mol. The van der Waals surface area contributed by atoms with Gasteiger partial charge in [0.05, 0.1) is 25.3 Å². The smallest absolute Gasteiger partial charge is 0.340 e. The van der Waals surface area contributed by atoms with Crippen molar-refractivity contribution < 1.29 is 23.8 Å². The lowest BCUT2D eigenvalue weighted by molar-refractivity contribution is 0.0599. The number of benzene rings is 3. The summed E-state index contributed by atoms with van der Waals surface area (Å²) in [7, 11) is 2.89. The largest absolute Gasteiger partial charge is 0.497 e. The molecule has 0 aliphatic rings. The van der Waals surface area contributed by atoms with Gasteiger partial charge in [0.2, 0.25) is 5.78 Å². The molecule has 0 saturated heterocycles. The summed E-state index contributed by atoms with van der Waals surface area (Å²) >= 11 is 1.37. The first kappa shape index (κ1) is 28.5. The summed E-state index contributed by atoms with van der Waals surface area (Å²) in [6, 6.07) is 22.1. The van der Waals surface area contributed by atoms with Crippen molar-refractivity contribution in [3.63, 3.8) is 0 Å². The maximum absolute atomic E-state index is 14.0. The van der Waals surface area contributed by atoms with Gasteiger partial charge in [0, 0.05) is 17.0 Å². The second-order valence-corrected chi connectivity index (χ2v) is 10.0. The number of carbonyl (C=O) groups is 2. The fourth-order valence-corrected chi connectivity index (χ4v) is 5.12. The lowest BCUT2D eigenvalue weighted by Gasteiger charge is -2.12. The standard InChI is InChI=1S/C33H31NO5S/c1-5-6-7-9-12-23(2)40-34-29-21-27(37-3)19-20-28(29)30(33(36)38-4)31(34)32(35)25-15-17-26(18-16-25)39-22-24-13-10-8-11-14-24/h5-8,10-21H,1,9,22H2,2-4H3/b7-6-,23-12+. The number of aromatic nitrogens is 1. The number of methoxy groups -OCH3 is 2. The van der Waals surface area contributed by atoms with E-state index in [-0.39, 0.29) is 17.0 Å². The van der Waals surface area contributed by atoms with E-state index in [0.717, 1.165) is 10.5 Å². The Morgan fingerprint density at radius 3 is 2.38 bits per heavy atom. The summed E-state index contributed by atoms with van der Waals surface area (Å²) < 4.78 is 18.3. The fraction of sp³-hybridized carbons (Fsp3) is 0.152. The molecule has 7 heteroatoms. The highest BCUT2D eigenvalue weighted by molar-refractivity contribution is 8.01. The second-order valence-electron chi connectivity index (χ2n) is 8.83. The van der Waals surface area contributed by atoms with Crippen molar-refractivity contribution in [2.75, 3.05) is 14.2 Å². The zero-order valence-electron chi connectivity index (χ0n) is 22.8. The molecular weight excluding hydrogens is 522 g/mol. The van der Waals surface area contributed by atoms with Crippen LogP contribution in [0.3, 0.4) is 0 Å². The number of ether oxygens (including phenoxy) is 3. The molecule has 0 spiro atoms. The Morgan fingerprint density at radius 1 is 0.975 bits per heavy atom. The first-order chi connectivity index (χ1) is 19.5. The number of rotatable bonds is 12. The highest BCUT2D eigenvalue weighted by Gasteiger charge is 2.29. The first-order valence-electron chi connectivity index (χ1n) is 12.7. The van der Waals surface area contributed by atoms with E-state index in [0.29, 0.717) is 41.0 Å². The Balaban J connectivity index is 1.75. The summed E-state index contributed by atoms with van der Waals surface area (Å²) in [6.07, 6.45) is 8.33. The molecule has 4 aromatic rings. The molecule has 0 saturated carbocycles. The third-order valence-corrected chi connectivity index (χ3v) is 7.17. The van der Waals surface area contributed by atoms with Crippen molar-refractivity contribution in [3.05, 3.63) is 131 Å². The van der Waals surface area contributed by atoms with Crippen LogP contribution in [0, 0.1) is 0 Å². The van der Waals surface area contributed by atoms with Gasteiger partial charge in [-0.25, -0.2) is 4.79 Å². The van der Waals surface area contributed by atoms with Crippen molar-refractivity contribution in [3.8, 4) is 11.5 Å². The average molecular weight is 554 g/mol. The molecule has 0 unspecified atom stereocenters. The molecule has 0 fully saturated rings. The minimum Gasteiger partial charge on any atom is -0.497 e. The number of allylic oxidation sites excluding steroid dienone is 5. The van der Waals surface area contributed by atoms with Gasteiger partial charge in [-0.2, -0.15) is 0 Å². The Morgan fingerprint density at radius 2 is 1.70 bits per heavy atom. The maximum atomic E-state index is 14.0. The van der Waals surface area contributed by atoms with Crippen LogP contribution in [-0.2, 0) is 11.3 Å². The Labute approximate surface area is 238 Å². The lowest BCUT2D eigenvalue weighted by atomic mass is 10.0. The van der Waals surface area contributed by atoms with Gasteiger partial charge in [0.15, 0.2) is 0 Å². The first-order valence-corrected chi connectivity index (χ1v) is 13.5. The summed E-state index contributed by atoms with van der Waals surface area (Å²) in [4.78, 5) is 28.1. The number of hydrogen-bond donors (Lipinski definition) is 0.